The number of amides is 1. The highest BCUT2D eigenvalue weighted by molar-refractivity contribution is 5.76. The van der Waals surface area contributed by atoms with Crippen molar-refractivity contribution in [2.45, 2.75) is 45.6 Å². The van der Waals surface area contributed by atoms with E-state index in [0.717, 1.165) is 23.4 Å². The first-order chi connectivity index (χ1) is 11.6. The molecule has 0 spiro atoms. The van der Waals surface area contributed by atoms with E-state index >= 15 is 0 Å². The van der Waals surface area contributed by atoms with E-state index in [1.165, 1.54) is 10.9 Å². The quantitative estimate of drug-likeness (QED) is 0.813. The zero-order chi connectivity index (χ0) is 16.9. The molecule has 1 saturated heterocycles. The Bertz CT molecular complexity index is 650. The van der Waals surface area contributed by atoms with Gasteiger partial charge in [-0.2, -0.15) is 0 Å². The Hall–Kier alpha value is -2.26. The van der Waals surface area contributed by atoms with Crippen molar-refractivity contribution in [1.29, 1.82) is 0 Å². The molecule has 1 N–H and O–H groups in total. The zero-order valence-corrected chi connectivity index (χ0v) is 13.8. The fraction of sp³-hybridized carbons (Fsp3) is 0.600. The Balaban J connectivity index is 1.56. The lowest BCUT2D eigenvalue weighted by molar-refractivity contribution is -0.127. The average Bonchev–Trinajstić information content (AvgIpc) is 3.17. The first kappa shape index (κ1) is 16.6. The summed E-state index contributed by atoms with van der Waals surface area (Å²) in [5.74, 6) is 0.605. The summed E-state index contributed by atoms with van der Waals surface area (Å²) in [6, 6.07) is -0.199. The van der Waals surface area contributed by atoms with Gasteiger partial charge >= 0.3 is 0 Å². The monoisotopic (exact) mass is 335 g/mol. The van der Waals surface area contributed by atoms with Crippen molar-refractivity contribution in [3.8, 4) is 0 Å². The summed E-state index contributed by atoms with van der Waals surface area (Å²) in [6.07, 6.45) is 3.78. The Morgan fingerprint density at radius 3 is 3.08 bits per heavy atom. The summed E-state index contributed by atoms with van der Waals surface area (Å²) in [5, 5.41) is 14.3. The number of nitrogens with zero attached hydrogens (tertiary/aromatic N) is 4. The van der Waals surface area contributed by atoms with Gasteiger partial charge in [0.15, 0.2) is 0 Å². The van der Waals surface area contributed by atoms with E-state index in [1.54, 1.807) is 6.20 Å². The third-order valence-corrected chi connectivity index (χ3v) is 4.04. The van der Waals surface area contributed by atoms with Crippen LogP contribution in [0.5, 0.6) is 0 Å². The van der Waals surface area contributed by atoms with Gasteiger partial charge in [-0.3, -0.25) is 4.79 Å². The normalized spacial score (nSPS) is 20.9. The van der Waals surface area contributed by atoms with E-state index in [2.05, 4.69) is 20.8 Å². The number of ether oxygens (including phenoxy) is 2. The van der Waals surface area contributed by atoms with E-state index in [1.807, 2.05) is 13.8 Å². The first-order valence-corrected chi connectivity index (χ1v) is 7.88. The predicted molar refractivity (Wildman–Crippen MR) is 81.9 cm³/mol. The molecule has 3 heterocycles. The minimum atomic E-state index is -0.199. The van der Waals surface area contributed by atoms with E-state index in [4.69, 9.17) is 14.0 Å². The topological polar surface area (TPSA) is 104 Å². The van der Waals surface area contributed by atoms with E-state index in [-0.39, 0.29) is 24.6 Å². The summed E-state index contributed by atoms with van der Waals surface area (Å²) >= 11 is 0. The molecule has 9 heteroatoms. The van der Waals surface area contributed by atoms with Crippen LogP contribution in [-0.4, -0.2) is 51.4 Å². The lowest BCUT2D eigenvalue weighted by Crippen LogP contribution is -2.51. The highest BCUT2D eigenvalue weighted by Gasteiger charge is 2.28. The van der Waals surface area contributed by atoms with Crippen molar-refractivity contribution in [2.75, 3.05) is 13.2 Å². The molecule has 1 aliphatic heterocycles. The van der Waals surface area contributed by atoms with Crippen molar-refractivity contribution in [3.63, 3.8) is 0 Å². The molecule has 0 radical (unpaired) electrons. The van der Waals surface area contributed by atoms with E-state index < -0.39 is 0 Å². The Morgan fingerprint density at radius 1 is 1.50 bits per heavy atom. The minimum absolute atomic E-state index is 0.118. The molecule has 24 heavy (non-hydrogen) atoms. The molecule has 1 fully saturated rings. The third kappa shape index (κ3) is 3.98. The molecule has 0 bridgehead atoms. The molecule has 9 nitrogen and oxygen atoms in total. The minimum Gasteiger partial charge on any atom is -0.379 e. The fourth-order valence-corrected chi connectivity index (χ4v) is 2.67. The van der Waals surface area contributed by atoms with Crippen molar-refractivity contribution in [2.24, 2.45) is 0 Å². The van der Waals surface area contributed by atoms with Crippen LogP contribution in [0.1, 0.15) is 23.4 Å². The molecule has 3 rings (SSSR count). The molecule has 0 saturated carbocycles. The number of hydrogen-bond donors (Lipinski definition) is 1. The van der Waals surface area contributed by atoms with Crippen LogP contribution in [0.4, 0.5) is 0 Å². The maximum Gasteiger partial charge on any atom is 0.242 e. The maximum atomic E-state index is 12.1. The van der Waals surface area contributed by atoms with Crippen LogP contribution < -0.4 is 5.32 Å². The highest BCUT2D eigenvalue weighted by Crippen LogP contribution is 2.18. The molecule has 1 amide bonds. The van der Waals surface area contributed by atoms with Crippen LogP contribution in [0.2, 0.25) is 0 Å². The van der Waals surface area contributed by atoms with Gasteiger partial charge in [0.05, 0.1) is 37.3 Å². The molecular weight excluding hydrogens is 314 g/mol. The van der Waals surface area contributed by atoms with Crippen LogP contribution in [-0.2, 0) is 27.4 Å². The summed E-state index contributed by atoms with van der Waals surface area (Å²) < 4.78 is 18.1. The van der Waals surface area contributed by atoms with Gasteiger partial charge in [0, 0.05) is 18.4 Å². The molecule has 0 unspecified atom stereocenters. The zero-order valence-electron chi connectivity index (χ0n) is 13.8. The number of aryl methyl sites for hydroxylation is 2. The molecule has 0 aromatic carbocycles. The number of carbonyl (C=O) groups excluding carboxylic acids is 1. The second kappa shape index (κ2) is 7.54. The average molecular weight is 335 g/mol. The van der Waals surface area contributed by atoms with Gasteiger partial charge < -0.3 is 19.3 Å². The molecule has 1 aliphatic rings. The van der Waals surface area contributed by atoms with Crippen LogP contribution in [0.25, 0.3) is 0 Å². The Labute approximate surface area is 139 Å². The Morgan fingerprint density at radius 2 is 2.38 bits per heavy atom. The fourth-order valence-electron chi connectivity index (χ4n) is 2.67. The van der Waals surface area contributed by atoms with E-state index in [0.29, 0.717) is 19.8 Å². The van der Waals surface area contributed by atoms with E-state index in [9.17, 15) is 4.79 Å². The largest absolute Gasteiger partial charge is 0.379 e. The SMILES string of the molecule is Cc1noc(C)c1CO[C@H]1CCOC[C@H]1NC(=O)Cn1ccnn1. The van der Waals surface area contributed by atoms with Crippen LogP contribution in [0.15, 0.2) is 16.9 Å². The van der Waals surface area contributed by atoms with Crippen LogP contribution >= 0.6 is 0 Å². The maximum absolute atomic E-state index is 12.1. The predicted octanol–water partition coefficient (Wildman–Crippen LogP) is 0.373. The third-order valence-electron chi connectivity index (χ3n) is 4.04. The van der Waals surface area contributed by atoms with Gasteiger partial charge in [-0.1, -0.05) is 10.4 Å². The molecular formula is C15H21N5O4. The molecule has 2 aromatic heterocycles. The number of rotatable bonds is 6. The van der Waals surface area contributed by atoms with Gasteiger partial charge in [0.1, 0.15) is 12.3 Å². The van der Waals surface area contributed by atoms with Gasteiger partial charge in [-0.15, -0.1) is 5.10 Å². The van der Waals surface area contributed by atoms with Crippen molar-refractivity contribution in [3.05, 3.63) is 29.4 Å². The smallest absolute Gasteiger partial charge is 0.242 e. The molecule has 130 valence electrons. The Kier molecular flexibility index (Phi) is 5.21. The molecule has 0 aliphatic carbocycles. The second-order valence-corrected chi connectivity index (χ2v) is 5.79. The van der Waals surface area contributed by atoms with Crippen LogP contribution in [0.3, 0.4) is 0 Å². The summed E-state index contributed by atoms with van der Waals surface area (Å²) in [4.78, 5) is 12.1. The van der Waals surface area contributed by atoms with Gasteiger partial charge in [-0.05, 0) is 20.3 Å². The van der Waals surface area contributed by atoms with Crippen molar-refractivity contribution in [1.82, 2.24) is 25.5 Å². The standard InChI is InChI=1S/C15H21N5O4/c1-10-12(11(2)24-18-10)8-23-14-3-6-22-9-13(14)17-15(21)7-20-5-4-16-19-20/h4-5,13-14H,3,6-9H2,1-2H3,(H,17,21)/t13-,14+/m1/s1. The van der Waals surface area contributed by atoms with Gasteiger partial charge in [-0.25, -0.2) is 4.68 Å². The lowest BCUT2D eigenvalue weighted by Gasteiger charge is -2.32. The number of aromatic nitrogens is 4. The van der Waals surface area contributed by atoms with Gasteiger partial charge in [0.2, 0.25) is 5.91 Å². The number of hydrogen-bond acceptors (Lipinski definition) is 7. The summed E-state index contributed by atoms with van der Waals surface area (Å²) in [7, 11) is 0. The summed E-state index contributed by atoms with van der Waals surface area (Å²) in [6.45, 7) is 5.31. The molecule has 2 aromatic rings. The number of nitrogens with one attached hydrogen (secondary N) is 1. The van der Waals surface area contributed by atoms with Gasteiger partial charge in [0.25, 0.3) is 0 Å². The van der Waals surface area contributed by atoms with Crippen molar-refractivity contribution < 1.29 is 18.8 Å². The second-order valence-electron chi connectivity index (χ2n) is 5.79. The first-order valence-electron chi connectivity index (χ1n) is 7.88. The lowest BCUT2D eigenvalue weighted by atomic mass is 10.1. The number of carbonyl (C=O) groups is 1. The van der Waals surface area contributed by atoms with Crippen LogP contribution in [0, 0.1) is 13.8 Å². The van der Waals surface area contributed by atoms with Crippen molar-refractivity contribution >= 4 is 5.91 Å². The summed E-state index contributed by atoms with van der Waals surface area (Å²) in [5.41, 5.74) is 1.78. The highest BCUT2D eigenvalue weighted by atomic mass is 16.5. The molecule has 2 atom stereocenters.